The topological polar surface area (TPSA) is 84.5 Å². The summed E-state index contributed by atoms with van der Waals surface area (Å²) in [5, 5.41) is 5.39. The molecule has 0 spiro atoms. The minimum absolute atomic E-state index is 0.0450. The van der Waals surface area contributed by atoms with Crippen LogP contribution >= 0.6 is 11.8 Å². The predicted molar refractivity (Wildman–Crippen MR) is 84.2 cm³/mol. The fourth-order valence-corrected chi connectivity index (χ4v) is 2.34. The van der Waals surface area contributed by atoms with Crippen LogP contribution in [0.3, 0.4) is 0 Å². The summed E-state index contributed by atoms with van der Waals surface area (Å²) in [7, 11) is -0.0500. The number of amides is 2. The molecule has 0 saturated heterocycles. The van der Waals surface area contributed by atoms with Crippen molar-refractivity contribution < 1.29 is 19.1 Å². The fourth-order valence-electron chi connectivity index (χ4n) is 1.21. The van der Waals surface area contributed by atoms with Crippen LogP contribution in [0.15, 0.2) is 0 Å². The van der Waals surface area contributed by atoms with Crippen LogP contribution in [0.5, 0.6) is 0 Å². The van der Waals surface area contributed by atoms with Crippen molar-refractivity contribution in [2.24, 2.45) is 0 Å². The molecule has 0 heterocycles. The molecule has 2 N–H and O–H groups in total. The average Bonchev–Trinajstić information content (AvgIpc) is 2.43. The van der Waals surface area contributed by atoms with Gasteiger partial charge in [0.2, 0.25) is 5.91 Å². The molecule has 0 aliphatic heterocycles. The van der Waals surface area contributed by atoms with E-state index in [9.17, 15) is 14.4 Å². The number of rotatable bonds is 12. The van der Waals surface area contributed by atoms with Gasteiger partial charge in [-0.1, -0.05) is 6.55 Å². The van der Waals surface area contributed by atoms with Crippen LogP contribution in [-0.2, 0) is 14.3 Å². The van der Waals surface area contributed by atoms with Gasteiger partial charge in [0, 0.05) is 34.8 Å². The third-order valence-electron chi connectivity index (χ3n) is 2.29. The van der Waals surface area contributed by atoms with E-state index < -0.39 is 0 Å². The van der Waals surface area contributed by atoms with Gasteiger partial charge in [-0.25, -0.2) is 4.79 Å². The first-order valence-electron chi connectivity index (χ1n) is 6.89. The lowest BCUT2D eigenvalue weighted by molar-refractivity contribution is -0.118. The molecule has 2 amide bonds. The van der Waals surface area contributed by atoms with Gasteiger partial charge in [0.25, 0.3) is 0 Å². The minimum Gasteiger partial charge on any atom is -0.450 e. The molecule has 6 nitrogen and oxygen atoms in total. The van der Waals surface area contributed by atoms with Crippen molar-refractivity contribution in [2.75, 3.05) is 31.2 Å². The molecular weight excluding hydrogens is 296 g/mol. The van der Waals surface area contributed by atoms with E-state index in [0.29, 0.717) is 44.0 Å². The third kappa shape index (κ3) is 13.4. The molecule has 0 aliphatic rings. The Kier molecular flexibility index (Phi) is 13.7. The number of hydrogen-bond donors (Lipinski definition) is 2. The standard InChI is InChI=1S/C12H24N2O4SSi/c1-20-9-7-18-12(17)14-5-2-4-13-11(16)10-19-8-3-6-15/h6H,2-5,7-10,20H2,1H3,(H,13,16)(H,14,17). The van der Waals surface area contributed by atoms with Crippen LogP contribution in [0.2, 0.25) is 12.6 Å². The number of ether oxygens (including phenoxy) is 1. The molecule has 0 unspecified atom stereocenters. The lowest BCUT2D eigenvalue weighted by Crippen LogP contribution is -2.31. The normalized spacial score (nSPS) is 10.4. The smallest absolute Gasteiger partial charge is 0.407 e. The number of carbonyl (C=O) groups is 3. The molecule has 116 valence electrons. The Bertz CT molecular complexity index is 293. The van der Waals surface area contributed by atoms with Crippen molar-refractivity contribution in [3.63, 3.8) is 0 Å². The molecule has 0 rings (SSSR count). The van der Waals surface area contributed by atoms with Crippen molar-refractivity contribution in [3.05, 3.63) is 0 Å². The summed E-state index contributed by atoms with van der Waals surface area (Å²) in [5.74, 6) is 0.992. The molecule has 0 aromatic rings. The molecule has 0 aliphatic carbocycles. The molecule has 0 bridgehead atoms. The molecule has 0 radical (unpaired) electrons. The van der Waals surface area contributed by atoms with E-state index in [1.165, 1.54) is 11.8 Å². The summed E-state index contributed by atoms with van der Waals surface area (Å²) >= 11 is 1.44. The zero-order valence-corrected chi connectivity index (χ0v) is 14.2. The van der Waals surface area contributed by atoms with E-state index >= 15 is 0 Å². The highest BCUT2D eigenvalue weighted by Crippen LogP contribution is 1.99. The van der Waals surface area contributed by atoms with Gasteiger partial charge in [0.1, 0.15) is 6.29 Å². The van der Waals surface area contributed by atoms with Crippen molar-refractivity contribution in [2.45, 2.75) is 25.4 Å². The second kappa shape index (κ2) is 14.4. The highest BCUT2D eigenvalue weighted by molar-refractivity contribution is 7.99. The minimum atomic E-state index is -0.386. The predicted octanol–water partition coefficient (Wildman–Crippen LogP) is 0.176. The first-order chi connectivity index (χ1) is 9.70. The summed E-state index contributed by atoms with van der Waals surface area (Å²) < 4.78 is 4.95. The molecule has 20 heavy (non-hydrogen) atoms. The van der Waals surface area contributed by atoms with E-state index in [1.807, 2.05) is 0 Å². The van der Waals surface area contributed by atoms with E-state index in [-0.39, 0.29) is 21.5 Å². The molecule has 0 fully saturated rings. The van der Waals surface area contributed by atoms with E-state index in [4.69, 9.17) is 4.74 Å². The van der Waals surface area contributed by atoms with Crippen molar-refractivity contribution in [1.29, 1.82) is 0 Å². The third-order valence-corrected chi connectivity index (χ3v) is 4.28. The van der Waals surface area contributed by atoms with Crippen LogP contribution in [0.4, 0.5) is 4.79 Å². The zero-order chi connectivity index (χ0) is 15.1. The van der Waals surface area contributed by atoms with Gasteiger partial charge in [-0.2, -0.15) is 11.8 Å². The molecular formula is C12H24N2O4SSi. The van der Waals surface area contributed by atoms with Crippen molar-refractivity contribution >= 4 is 39.6 Å². The van der Waals surface area contributed by atoms with Crippen LogP contribution in [0, 0.1) is 0 Å². The summed E-state index contributed by atoms with van der Waals surface area (Å²) in [6, 6.07) is 1.01. The van der Waals surface area contributed by atoms with E-state index in [0.717, 1.165) is 12.3 Å². The van der Waals surface area contributed by atoms with Gasteiger partial charge >= 0.3 is 6.09 Å². The fraction of sp³-hybridized carbons (Fsp3) is 0.750. The van der Waals surface area contributed by atoms with E-state index in [1.54, 1.807) is 0 Å². The highest BCUT2D eigenvalue weighted by Gasteiger charge is 2.02. The summed E-state index contributed by atoms with van der Waals surface area (Å²) in [6.07, 6.45) is 1.61. The highest BCUT2D eigenvalue weighted by atomic mass is 32.2. The molecule has 0 aromatic carbocycles. The van der Waals surface area contributed by atoms with Gasteiger partial charge in [-0.05, 0) is 12.5 Å². The first kappa shape index (κ1) is 19.0. The summed E-state index contributed by atoms with van der Waals surface area (Å²) in [5.41, 5.74) is 0. The number of hydrogen-bond acceptors (Lipinski definition) is 5. The van der Waals surface area contributed by atoms with Gasteiger partial charge in [0.15, 0.2) is 0 Å². The Morgan fingerprint density at radius 1 is 1.30 bits per heavy atom. The molecule has 0 atom stereocenters. The number of nitrogens with one attached hydrogen (secondary N) is 2. The lowest BCUT2D eigenvalue weighted by atomic mass is 10.4. The second-order valence-corrected chi connectivity index (χ2v) is 6.94. The van der Waals surface area contributed by atoms with Gasteiger partial charge in [-0.15, -0.1) is 0 Å². The van der Waals surface area contributed by atoms with Gasteiger partial charge < -0.3 is 20.2 Å². The SMILES string of the molecule is C[SiH2]CCOC(=O)NCCCNC(=O)CSCCC=O. The number of thioether (sulfide) groups is 1. The van der Waals surface area contributed by atoms with Crippen LogP contribution in [0.1, 0.15) is 12.8 Å². The Morgan fingerprint density at radius 2 is 2.05 bits per heavy atom. The van der Waals surface area contributed by atoms with Crippen LogP contribution < -0.4 is 10.6 Å². The average molecular weight is 320 g/mol. The Hall–Kier alpha value is -1.02. The largest absolute Gasteiger partial charge is 0.450 e. The first-order valence-corrected chi connectivity index (χ1v) is 10.5. The molecule has 0 saturated carbocycles. The van der Waals surface area contributed by atoms with Crippen molar-refractivity contribution in [1.82, 2.24) is 10.6 Å². The number of carbonyl (C=O) groups excluding carboxylic acids is 3. The monoisotopic (exact) mass is 320 g/mol. The van der Waals surface area contributed by atoms with Crippen molar-refractivity contribution in [3.8, 4) is 0 Å². The lowest BCUT2D eigenvalue weighted by Gasteiger charge is -2.07. The quantitative estimate of drug-likeness (QED) is 0.304. The number of aldehydes is 1. The Morgan fingerprint density at radius 3 is 2.75 bits per heavy atom. The van der Waals surface area contributed by atoms with Gasteiger partial charge in [0.05, 0.1) is 12.4 Å². The second-order valence-electron chi connectivity index (χ2n) is 4.13. The van der Waals surface area contributed by atoms with Crippen LogP contribution in [0.25, 0.3) is 0 Å². The maximum atomic E-state index is 11.3. The Balaban J connectivity index is 3.31. The molecule has 0 aromatic heterocycles. The van der Waals surface area contributed by atoms with Crippen LogP contribution in [-0.4, -0.2) is 59.0 Å². The Labute approximate surface area is 126 Å². The summed E-state index contributed by atoms with van der Waals surface area (Å²) in [4.78, 5) is 32.6. The number of alkyl carbamates (subject to hydrolysis) is 1. The zero-order valence-electron chi connectivity index (χ0n) is 12.0. The van der Waals surface area contributed by atoms with Gasteiger partial charge in [-0.3, -0.25) is 4.79 Å². The molecule has 8 heteroatoms. The van der Waals surface area contributed by atoms with E-state index in [2.05, 4.69) is 17.2 Å². The maximum Gasteiger partial charge on any atom is 0.407 e. The maximum absolute atomic E-state index is 11.3. The summed E-state index contributed by atoms with van der Waals surface area (Å²) in [6.45, 7) is 3.68.